The summed E-state index contributed by atoms with van der Waals surface area (Å²) in [5, 5.41) is 8.98. The fourth-order valence-electron chi connectivity index (χ4n) is 2.52. The van der Waals surface area contributed by atoms with Crippen molar-refractivity contribution in [2.24, 2.45) is 5.92 Å². The van der Waals surface area contributed by atoms with Gasteiger partial charge in [-0.25, -0.2) is 0 Å². The lowest BCUT2D eigenvalue weighted by molar-refractivity contribution is -0.117. The van der Waals surface area contributed by atoms with E-state index in [0.29, 0.717) is 0 Å². The summed E-state index contributed by atoms with van der Waals surface area (Å²) in [6.07, 6.45) is 1.96. The number of halogens is 1. The van der Waals surface area contributed by atoms with Crippen molar-refractivity contribution in [1.29, 1.82) is 0 Å². The highest BCUT2D eigenvalue weighted by Gasteiger charge is 2.29. The summed E-state index contributed by atoms with van der Waals surface area (Å²) in [4.78, 5) is 24.2. The van der Waals surface area contributed by atoms with Gasteiger partial charge in [-0.2, -0.15) is 0 Å². The summed E-state index contributed by atoms with van der Waals surface area (Å²) in [7, 11) is 0. The highest BCUT2D eigenvalue weighted by Crippen LogP contribution is 2.30. The van der Waals surface area contributed by atoms with Crippen LogP contribution in [-0.4, -0.2) is 17.9 Å². The minimum absolute atomic E-state index is 0.0853. The summed E-state index contributed by atoms with van der Waals surface area (Å²) in [5.41, 5.74) is 3.45. The molecule has 1 aliphatic carbocycles. The number of amides is 2. The highest BCUT2D eigenvalue weighted by atomic mass is 79.9. The molecule has 1 atom stereocenters. The number of nitrogens with one attached hydrogen (secondary N) is 3. The molecule has 3 N–H and O–H groups in total. The van der Waals surface area contributed by atoms with Crippen LogP contribution in [0.3, 0.4) is 0 Å². The molecule has 1 fully saturated rings. The molecule has 2 aromatic carbocycles. The van der Waals surface area contributed by atoms with Crippen molar-refractivity contribution >= 4 is 44.8 Å². The smallest absolute Gasteiger partial charge is 0.246 e. The van der Waals surface area contributed by atoms with Crippen molar-refractivity contribution in [3.63, 3.8) is 0 Å². The van der Waals surface area contributed by atoms with Crippen molar-refractivity contribution < 1.29 is 9.59 Å². The minimum atomic E-state index is -0.407. The number of rotatable bonds is 6. The average molecular weight is 416 g/mol. The van der Waals surface area contributed by atoms with E-state index in [4.69, 9.17) is 0 Å². The van der Waals surface area contributed by atoms with Gasteiger partial charge in [0.1, 0.15) is 6.04 Å². The number of carbonyl (C=O) groups is 2. The Morgan fingerprint density at radius 3 is 2.31 bits per heavy atom. The molecule has 0 unspecified atom stereocenters. The van der Waals surface area contributed by atoms with Gasteiger partial charge in [0.2, 0.25) is 11.8 Å². The molecule has 0 aromatic heterocycles. The molecule has 0 aliphatic heterocycles. The van der Waals surface area contributed by atoms with Crippen LogP contribution < -0.4 is 16.0 Å². The molecule has 0 bridgehead atoms. The Bertz CT molecular complexity index is 816. The molecular formula is C20H22BrN3O2. The Morgan fingerprint density at radius 1 is 1.04 bits per heavy atom. The molecule has 5 nitrogen and oxygen atoms in total. The van der Waals surface area contributed by atoms with Crippen LogP contribution in [0.15, 0.2) is 46.9 Å². The van der Waals surface area contributed by atoms with Gasteiger partial charge in [0.05, 0.1) is 5.69 Å². The Balaban J connectivity index is 1.55. The van der Waals surface area contributed by atoms with Crippen molar-refractivity contribution in [1.82, 2.24) is 0 Å². The van der Waals surface area contributed by atoms with Crippen molar-refractivity contribution in [2.45, 2.75) is 32.7 Å². The summed E-state index contributed by atoms with van der Waals surface area (Å²) >= 11 is 3.46. The lowest BCUT2D eigenvalue weighted by atomic mass is 10.2. The number of anilines is 3. The van der Waals surface area contributed by atoms with Crippen molar-refractivity contribution in [3.05, 3.63) is 52.5 Å². The van der Waals surface area contributed by atoms with Crippen LogP contribution in [0.25, 0.3) is 0 Å². The van der Waals surface area contributed by atoms with Crippen LogP contribution >= 0.6 is 15.9 Å². The second kappa shape index (κ2) is 7.91. The van der Waals surface area contributed by atoms with Crippen LogP contribution in [0.5, 0.6) is 0 Å². The standard InChI is InChI=1S/C20H22BrN3O2/c1-12-3-10-18(17(21)11-12)24-19(25)13(2)22-15-6-8-16(9-7-15)23-20(26)14-4-5-14/h3,6-11,13-14,22H,4-5H2,1-2H3,(H,23,26)(H,24,25)/t13-/m1/s1. The van der Waals surface area contributed by atoms with Crippen LogP contribution in [0.2, 0.25) is 0 Å². The number of hydrogen-bond acceptors (Lipinski definition) is 3. The normalized spacial score (nSPS) is 14.4. The fraction of sp³-hybridized carbons (Fsp3) is 0.300. The summed E-state index contributed by atoms with van der Waals surface area (Å²) in [6.45, 7) is 3.80. The Labute approximate surface area is 161 Å². The average Bonchev–Trinajstić information content (AvgIpc) is 3.44. The number of carbonyl (C=O) groups excluding carboxylic acids is 2. The molecule has 0 heterocycles. The van der Waals surface area contributed by atoms with Crippen LogP contribution in [-0.2, 0) is 9.59 Å². The third-order valence-corrected chi connectivity index (χ3v) is 4.92. The second-order valence-electron chi connectivity index (χ2n) is 6.68. The van der Waals surface area contributed by atoms with Crippen molar-refractivity contribution in [2.75, 3.05) is 16.0 Å². The van der Waals surface area contributed by atoms with Crippen LogP contribution in [0.1, 0.15) is 25.3 Å². The van der Waals surface area contributed by atoms with Gasteiger partial charge >= 0.3 is 0 Å². The number of aryl methyl sites for hydroxylation is 1. The first-order valence-corrected chi connectivity index (χ1v) is 9.46. The van der Waals surface area contributed by atoms with Gasteiger partial charge < -0.3 is 16.0 Å². The van der Waals surface area contributed by atoms with Gasteiger partial charge in [0, 0.05) is 21.8 Å². The van der Waals surface area contributed by atoms with E-state index >= 15 is 0 Å². The predicted octanol–water partition coefficient (Wildman–Crippen LogP) is 4.55. The molecule has 3 rings (SSSR count). The summed E-state index contributed by atoms with van der Waals surface area (Å²) in [6, 6.07) is 12.8. The lowest BCUT2D eigenvalue weighted by Crippen LogP contribution is -2.32. The van der Waals surface area contributed by atoms with Gasteiger partial charge in [-0.15, -0.1) is 0 Å². The van der Waals surface area contributed by atoms with E-state index in [-0.39, 0.29) is 17.7 Å². The molecular weight excluding hydrogens is 394 g/mol. The molecule has 26 heavy (non-hydrogen) atoms. The van der Waals surface area contributed by atoms with E-state index in [9.17, 15) is 9.59 Å². The minimum Gasteiger partial charge on any atom is -0.374 e. The fourth-order valence-corrected chi connectivity index (χ4v) is 3.11. The Hall–Kier alpha value is -2.34. The number of benzene rings is 2. The molecule has 2 aromatic rings. The second-order valence-corrected chi connectivity index (χ2v) is 7.53. The largest absolute Gasteiger partial charge is 0.374 e. The van der Waals surface area contributed by atoms with E-state index in [2.05, 4.69) is 31.9 Å². The highest BCUT2D eigenvalue weighted by molar-refractivity contribution is 9.10. The van der Waals surface area contributed by atoms with E-state index in [1.54, 1.807) is 6.92 Å². The van der Waals surface area contributed by atoms with Gasteiger partial charge in [-0.3, -0.25) is 9.59 Å². The van der Waals surface area contributed by atoms with E-state index in [1.165, 1.54) is 0 Å². The van der Waals surface area contributed by atoms with E-state index in [0.717, 1.165) is 39.9 Å². The SMILES string of the molecule is Cc1ccc(NC(=O)[C@@H](C)Nc2ccc(NC(=O)C3CC3)cc2)c(Br)c1. The maximum Gasteiger partial charge on any atom is 0.246 e. The van der Waals surface area contributed by atoms with Crippen LogP contribution in [0, 0.1) is 12.8 Å². The third-order valence-electron chi connectivity index (χ3n) is 4.26. The Morgan fingerprint density at radius 2 is 1.69 bits per heavy atom. The number of hydrogen-bond donors (Lipinski definition) is 3. The maximum atomic E-state index is 12.4. The summed E-state index contributed by atoms with van der Waals surface area (Å²) in [5.74, 6) is 0.139. The first-order valence-electron chi connectivity index (χ1n) is 8.67. The Kier molecular flexibility index (Phi) is 5.61. The molecule has 0 saturated heterocycles. The zero-order valence-electron chi connectivity index (χ0n) is 14.8. The molecule has 1 saturated carbocycles. The predicted molar refractivity (Wildman–Crippen MR) is 108 cm³/mol. The maximum absolute atomic E-state index is 12.4. The first kappa shape index (κ1) is 18.5. The third kappa shape index (κ3) is 4.85. The van der Waals surface area contributed by atoms with Gasteiger partial charge in [-0.05, 0) is 84.6 Å². The zero-order chi connectivity index (χ0) is 18.7. The van der Waals surface area contributed by atoms with Gasteiger partial charge in [-0.1, -0.05) is 6.07 Å². The monoisotopic (exact) mass is 415 g/mol. The van der Waals surface area contributed by atoms with Gasteiger partial charge in [0.15, 0.2) is 0 Å². The first-order chi connectivity index (χ1) is 12.4. The molecule has 136 valence electrons. The van der Waals surface area contributed by atoms with Crippen LogP contribution in [0.4, 0.5) is 17.1 Å². The summed E-state index contributed by atoms with van der Waals surface area (Å²) < 4.78 is 0.855. The van der Waals surface area contributed by atoms with E-state index in [1.807, 2.05) is 49.4 Å². The molecule has 0 radical (unpaired) electrons. The van der Waals surface area contributed by atoms with E-state index < -0.39 is 6.04 Å². The van der Waals surface area contributed by atoms with Crippen molar-refractivity contribution in [3.8, 4) is 0 Å². The van der Waals surface area contributed by atoms with Gasteiger partial charge in [0.25, 0.3) is 0 Å². The zero-order valence-corrected chi connectivity index (χ0v) is 16.4. The lowest BCUT2D eigenvalue weighted by Gasteiger charge is -2.16. The quantitative estimate of drug-likeness (QED) is 0.648. The molecule has 2 amide bonds. The molecule has 0 spiro atoms. The molecule has 6 heteroatoms. The topological polar surface area (TPSA) is 70.2 Å². The molecule has 1 aliphatic rings.